The maximum absolute atomic E-state index is 8.35. The molecular weight excluding hydrogens is 158 g/mol. The highest BCUT2D eigenvalue weighted by atomic mass is 14.2. The molecule has 1 nitrogen and oxygen atoms in total. The van der Waals surface area contributed by atoms with Crippen LogP contribution in [0.3, 0.4) is 0 Å². The molecule has 0 amide bonds. The standard InChI is InChI=1S/C12H13N/c1-10-6-5-7-11(2)12(10)8-3-4-9-13/h3-7H,8H2,1-2H3/b4-3-. The van der Waals surface area contributed by atoms with Crippen LogP contribution in [0, 0.1) is 25.2 Å². The SMILES string of the molecule is Cc1cccc(C)c1C/C=C\C#N. The maximum Gasteiger partial charge on any atom is 0.0908 e. The molecule has 0 heterocycles. The monoisotopic (exact) mass is 171 g/mol. The molecule has 0 aliphatic rings. The zero-order valence-electron chi connectivity index (χ0n) is 8.04. The van der Waals surface area contributed by atoms with Crippen LogP contribution in [0.1, 0.15) is 16.7 Å². The van der Waals surface area contributed by atoms with Gasteiger partial charge >= 0.3 is 0 Å². The fourth-order valence-corrected chi connectivity index (χ4v) is 1.40. The predicted octanol–water partition coefficient (Wildman–Crippen LogP) is 2.93. The number of nitrogens with zero attached hydrogens (tertiary/aromatic N) is 1. The van der Waals surface area contributed by atoms with Gasteiger partial charge in [-0.25, -0.2) is 0 Å². The molecule has 1 aromatic carbocycles. The molecule has 0 saturated carbocycles. The summed E-state index contributed by atoms with van der Waals surface area (Å²) in [5.74, 6) is 0. The van der Waals surface area contributed by atoms with Gasteiger partial charge in [-0.2, -0.15) is 5.26 Å². The van der Waals surface area contributed by atoms with E-state index in [9.17, 15) is 0 Å². The van der Waals surface area contributed by atoms with Crippen LogP contribution in [0.4, 0.5) is 0 Å². The molecule has 0 atom stereocenters. The molecule has 0 aliphatic carbocycles. The molecule has 66 valence electrons. The van der Waals surface area contributed by atoms with Crippen molar-refractivity contribution in [2.24, 2.45) is 0 Å². The van der Waals surface area contributed by atoms with E-state index in [1.165, 1.54) is 22.8 Å². The number of benzene rings is 1. The Labute approximate surface area is 79.3 Å². The molecule has 0 fully saturated rings. The van der Waals surface area contributed by atoms with E-state index in [2.05, 4.69) is 32.0 Å². The van der Waals surface area contributed by atoms with Crippen LogP contribution in [0.2, 0.25) is 0 Å². The van der Waals surface area contributed by atoms with Gasteiger partial charge in [0.15, 0.2) is 0 Å². The molecule has 0 aromatic heterocycles. The highest BCUT2D eigenvalue weighted by Crippen LogP contribution is 2.13. The lowest BCUT2D eigenvalue weighted by molar-refractivity contribution is 1.17. The first-order chi connectivity index (χ1) is 6.25. The average molecular weight is 171 g/mol. The van der Waals surface area contributed by atoms with Crippen molar-refractivity contribution in [2.45, 2.75) is 20.3 Å². The maximum atomic E-state index is 8.35. The molecule has 0 bridgehead atoms. The minimum Gasteiger partial charge on any atom is -0.193 e. The fraction of sp³-hybridized carbons (Fsp3) is 0.250. The van der Waals surface area contributed by atoms with Gasteiger partial charge in [0.05, 0.1) is 6.07 Å². The summed E-state index contributed by atoms with van der Waals surface area (Å²) < 4.78 is 0. The molecule has 1 heteroatoms. The van der Waals surface area contributed by atoms with Crippen molar-refractivity contribution in [1.29, 1.82) is 5.26 Å². The first kappa shape index (κ1) is 9.54. The number of nitriles is 1. The van der Waals surface area contributed by atoms with Crippen LogP contribution in [-0.2, 0) is 6.42 Å². The van der Waals surface area contributed by atoms with E-state index in [1.807, 2.05) is 12.1 Å². The Kier molecular flexibility index (Phi) is 3.28. The molecule has 0 aliphatic heterocycles. The average Bonchev–Trinajstić information content (AvgIpc) is 2.10. The van der Waals surface area contributed by atoms with Crippen molar-refractivity contribution in [3.63, 3.8) is 0 Å². The summed E-state index contributed by atoms with van der Waals surface area (Å²) in [5.41, 5.74) is 3.92. The third kappa shape index (κ3) is 2.45. The smallest absolute Gasteiger partial charge is 0.0908 e. The second-order valence-electron chi connectivity index (χ2n) is 3.11. The number of aryl methyl sites for hydroxylation is 2. The number of allylic oxidation sites excluding steroid dienone is 2. The lowest BCUT2D eigenvalue weighted by Gasteiger charge is -2.05. The van der Waals surface area contributed by atoms with E-state index in [1.54, 1.807) is 0 Å². The Balaban J connectivity index is 2.88. The third-order valence-electron chi connectivity index (χ3n) is 2.16. The van der Waals surface area contributed by atoms with Crippen molar-refractivity contribution in [2.75, 3.05) is 0 Å². The topological polar surface area (TPSA) is 23.8 Å². The summed E-state index contributed by atoms with van der Waals surface area (Å²) >= 11 is 0. The lowest BCUT2D eigenvalue weighted by Crippen LogP contribution is -1.90. The first-order valence-electron chi connectivity index (χ1n) is 4.35. The molecule has 1 rings (SSSR count). The van der Waals surface area contributed by atoms with Gasteiger partial charge < -0.3 is 0 Å². The van der Waals surface area contributed by atoms with Gasteiger partial charge in [-0.3, -0.25) is 0 Å². The van der Waals surface area contributed by atoms with E-state index in [-0.39, 0.29) is 0 Å². The Morgan fingerprint density at radius 3 is 2.46 bits per heavy atom. The number of rotatable bonds is 2. The quantitative estimate of drug-likeness (QED) is 0.627. The minimum atomic E-state index is 0.853. The lowest BCUT2D eigenvalue weighted by atomic mass is 10.0. The van der Waals surface area contributed by atoms with Crippen LogP contribution in [0.5, 0.6) is 0 Å². The van der Waals surface area contributed by atoms with Crippen molar-refractivity contribution < 1.29 is 0 Å². The second kappa shape index (κ2) is 4.47. The van der Waals surface area contributed by atoms with E-state index in [0.717, 1.165) is 6.42 Å². The Morgan fingerprint density at radius 2 is 1.92 bits per heavy atom. The number of hydrogen-bond acceptors (Lipinski definition) is 1. The van der Waals surface area contributed by atoms with Gasteiger partial charge in [0.2, 0.25) is 0 Å². The van der Waals surface area contributed by atoms with E-state index < -0.39 is 0 Å². The van der Waals surface area contributed by atoms with Crippen LogP contribution >= 0.6 is 0 Å². The van der Waals surface area contributed by atoms with E-state index >= 15 is 0 Å². The third-order valence-corrected chi connectivity index (χ3v) is 2.16. The van der Waals surface area contributed by atoms with Crippen LogP contribution < -0.4 is 0 Å². The van der Waals surface area contributed by atoms with Gasteiger partial charge in [0.1, 0.15) is 0 Å². The Hall–Kier alpha value is -1.55. The zero-order valence-corrected chi connectivity index (χ0v) is 8.04. The van der Waals surface area contributed by atoms with E-state index in [4.69, 9.17) is 5.26 Å². The van der Waals surface area contributed by atoms with Crippen LogP contribution in [0.15, 0.2) is 30.4 Å². The fourth-order valence-electron chi connectivity index (χ4n) is 1.40. The largest absolute Gasteiger partial charge is 0.193 e. The predicted molar refractivity (Wildman–Crippen MR) is 54.4 cm³/mol. The number of hydrogen-bond donors (Lipinski definition) is 0. The normalized spacial score (nSPS) is 10.2. The van der Waals surface area contributed by atoms with Gasteiger partial charge in [-0.1, -0.05) is 24.3 Å². The van der Waals surface area contributed by atoms with Crippen molar-refractivity contribution in [3.05, 3.63) is 47.0 Å². The van der Waals surface area contributed by atoms with Crippen molar-refractivity contribution in [1.82, 2.24) is 0 Å². The van der Waals surface area contributed by atoms with Gasteiger partial charge in [-0.05, 0) is 37.0 Å². The molecule has 0 spiro atoms. The van der Waals surface area contributed by atoms with Crippen molar-refractivity contribution >= 4 is 0 Å². The molecular formula is C12H13N. The molecule has 0 radical (unpaired) electrons. The summed E-state index contributed by atoms with van der Waals surface area (Å²) in [6.07, 6.45) is 4.28. The highest BCUT2D eigenvalue weighted by molar-refractivity contribution is 5.35. The first-order valence-corrected chi connectivity index (χ1v) is 4.35. The molecule has 1 aromatic rings. The van der Waals surface area contributed by atoms with Crippen LogP contribution in [-0.4, -0.2) is 0 Å². The summed E-state index contributed by atoms with van der Waals surface area (Å²) in [6, 6.07) is 8.25. The van der Waals surface area contributed by atoms with Gasteiger partial charge in [0.25, 0.3) is 0 Å². The summed E-state index contributed by atoms with van der Waals surface area (Å²) in [4.78, 5) is 0. The minimum absolute atomic E-state index is 0.853. The van der Waals surface area contributed by atoms with Crippen molar-refractivity contribution in [3.8, 4) is 6.07 Å². The molecule has 0 N–H and O–H groups in total. The zero-order chi connectivity index (χ0) is 9.68. The molecule has 0 saturated heterocycles. The highest BCUT2D eigenvalue weighted by Gasteiger charge is 1.98. The summed E-state index contributed by atoms with van der Waals surface area (Å²) in [5, 5.41) is 8.35. The Morgan fingerprint density at radius 1 is 1.31 bits per heavy atom. The molecule has 13 heavy (non-hydrogen) atoms. The van der Waals surface area contributed by atoms with Crippen LogP contribution in [0.25, 0.3) is 0 Å². The summed E-state index contributed by atoms with van der Waals surface area (Å²) in [7, 11) is 0. The molecule has 0 unspecified atom stereocenters. The summed E-state index contributed by atoms with van der Waals surface area (Å²) in [6.45, 7) is 4.20. The second-order valence-corrected chi connectivity index (χ2v) is 3.11. The van der Waals surface area contributed by atoms with Gasteiger partial charge in [-0.15, -0.1) is 0 Å². The van der Waals surface area contributed by atoms with E-state index in [0.29, 0.717) is 0 Å². The Bertz CT molecular complexity index is 336. The van der Waals surface area contributed by atoms with Gasteiger partial charge in [0, 0.05) is 6.08 Å².